The van der Waals surface area contributed by atoms with Gasteiger partial charge in [0.05, 0.1) is 6.20 Å². The summed E-state index contributed by atoms with van der Waals surface area (Å²) in [4.78, 5) is 21.8. The molecule has 1 unspecified atom stereocenters. The van der Waals surface area contributed by atoms with Crippen LogP contribution in [0.5, 0.6) is 0 Å². The van der Waals surface area contributed by atoms with Gasteiger partial charge in [-0.1, -0.05) is 11.6 Å². The predicted molar refractivity (Wildman–Crippen MR) is 117 cm³/mol. The molecule has 0 saturated carbocycles. The van der Waals surface area contributed by atoms with Crippen LogP contribution in [0.25, 0.3) is 0 Å². The third-order valence-corrected chi connectivity index (χ3v) is 4.94. The summed E-state index contributed by atoms with van der Waals surface area (Å²) in [6, 6.07) is 9.08. The van der Waals surface area contributed by atoms with Crippen LogP contribution in [0.15, 0.2) is 36.5 Å². The number of H-pyrrole nitrogens is 1. The maximum absolute atomic E-state index is 12.9. The largest absolute Gasteiger partial charge is 0.347 e. The van der Waals surface area contributed by atoms with Gasteiger partial charge in [-0.3, -0.25) is 9.89 Å². The van der Waals surface area contributed by atoms with Crippen molar-refractivity contribution in [1.29, 1.82) is 0 Å². The minimum Gasteiger partial charge on any atom is -0.347 e. The van der Waals surface area contributed by atoms with Gasteiger partial charge in [-0.05, 0) is 50.6 Å². The van der Waals surface area contributed by atoms with Gasteiger partial charge in [-0.2, -0.15) is 5.10 Å². The van der Waals surface area contributed by atoms with E-state index in [9.17, 15) is 4.79 Å². The van der Waals surface area contributed by atoms with Gasteiger partial charge in [0.1, 0.15) is 0 Å². The number of carbonyl (C=O) groups excluding carboxylic acids is 1. The quantitative estimate of drug-likeness (QED) is 0.410. The summed E-state index contributed by atoms with van der Waals surface area (Å²) in [5.74, 6) is 1.16. The van der Waals surface area contributed by atoms with Crippen molar-refractivity contribution in [3.63, 3.8) is 0 Å². The highest BCUT2D eigenvalue weighted by atomic mass is 35.5. The predicted octanol–water partition coefficient (Wildman–Crippen LogP) is 3.13. The summed E-state index contributed by atoms with van der Waals surface area (Å²) in [5, 5.41) is 20.2. The minimum absolute atomic E-state index is 0.0706. The van der Waals surface area contributed by atoms with Crippen LogP contribution in [-0.4, -0.2) is 45.2 Å². The molecule has 1 aromatic carbocycles. The maximum Gasteiger partial charge on any atom is 0.274 e. The van der Waals surface area contributed by atoms with E-state index >= 15 is 0 Å². The van der Waals surface area contributed by atoms with Crippen LogP contribution in [0.1, 0.15) is 29.0 Å². The molecule has 1 aliphatic heterocycles. The number of aromatic nitrogens is 4. The molecule has 3 aromatic rings. The molecular formula is C20H23ClN8O. The Hall–Kier alpha value is -3.17. The third kappa shape index (κ3) is 5.05. The Balaban J connectivity index is 1.59. The maximum atomic E-state index is 12.9. The molecule has 1 amide bonds. The van der Waals surface area contributed by atoms with Crippen LogP contribution < -0.4 is 21.3 Å². The van der Waals surface area contributed by atoms with Crippen molar-refractivity contribution < 1.29 is 4.79 Å². The van der Waals surface area contributed by atoms with Crippen LogP contribution in [0, 0.1) is 6.92 Å². The van der Waals surface area contributed by atoms with Crippen molar-refractivity contribution in [3.8, 4) is 0 Å². The number of nitrogens with one attached hydrogen (secondary N) is 5. The van der Waals surface area contributed by atoms with Crippen LogP contribution in [-0.2, 0) is 0 Å². The molecule has 30 heavy (non-hydrogen) atoms. The van der Waals surface area contributed by atoms with Crippen LogP contribution in [0.4, 0.5) is 23.1 Å². The van der Waals surface area contributed by atoms with Gasteiger partial charge in [0.2, 0.25) is 0 Å². The Labute approximate surface area is 179 Å². The summed E-state index contributed by atoms with van der Waals surface area (Å²) in [5.41, 5.74) is 1.89. The second-order valence-electron chi connectivity index (χ2n) is 7.16. The smallest absolute Gasteiger partial charge is 0.274 e. The molecule has 1 fully saturated rings. The van der Waals surface area contributed by atoms with Crippen molar-refractivity contribution >= 4 is 40.6 Å². The Morgan fingerprint density at radius 3 is 2.73 bits per heavy atom. The van der Waals surface area contributed by atoms with E-state index in [0.29, 0.717) is 22.5 Å². The molecule has 156 valence electrons. The van der Waals surface area contributed by atoms with Gasteiger partial charge in [0.15, 0.2) is 23.1 Å². The SMILES string of the molecule is Cc1cc(Nc2cnc(C(=O)NC3CCCNC3)c(Nc3ccc(Cl)cc3)n2)n[nH]1. The normalized spacial score (nSPS) is 16.1. The van der Waals surface area contributed by atoms with Crippen LogP contribution in [0.2, 0.25) is 5.02 Å². The zero-order valence-corrected chi connectivity index (χ0v) is 17.3. The molecule has 1 saturated heterocycles. The number of benzene rings is 1. The summed E-state index contributed by atoms with van der Waals surface area (Å²) in [6.45, 7) is 3.63. The summed E-state index contributed by atoms with van der Waals surface area (Å²) in [7, 11) is 0. The molecule has 10 heteroatoms. The fourth-order valence-electron chi connectivity index (χ4n) is 3.21. The molecule has 3 heterocycles. The lowest BCUT2D eigenvalue weighted by molar-refractivity contribution is 0.0926. The number of hydrogen-bond acceptors (Lipinski definition) is 7. The molecule has 0 aliphatic carbocycles. The minimum atomic E-state index is -0.269. The number of nitrogens with zero attached hydrogens (tertiary/aromatic N) is 3. The lowest BCUT2D eigenvalue weighted by atomic mass is 10.1. The number of halogens is 1. The topological polar surface area (TPSA) is 120 Å². The van der Waals surface area contributed by atoms with E-state index in [-0.39, 0.29) is 17.6 Å². The standard InChI is InChI=1S/C20H23ClN8O/c1-12-9-16(29-28-12)26-17-11-23-18(20(30)25-15-3-2-8-22-10-15)19(27-17)24-14-6-4-13(21)5-7-14/h4-7,9,11,15,22H,2-3,8,10H2,1H3,(H,25,30)(H3,24,26,27,28,29). The van der Waals surface area contributed by atoms with Gasteiger partial charge < -0.3 is 21.3 Å². The van der Waals surface area contributed by atoms with Gasteiger partial charge >= 0.3 is 0 Å². The summed E-state index contributed by atoms with van der Waals surface area (Å²) >= 11 is 5.98. The average Bonchev–Trinajstić information content (AvgIpc) is 3.15. The molecule has 2 aromatic heterocycles. The first-order chi connectivity index (χ1) is 14.6. The average molecular weight is 427 g/mol. The fourth-order valence-corrected chi connectivity index (χ4v) is 3.34. The third-order valence-electron chi connectivity index (χ3n) is 4.69. The Kier molecular flexibility index (Phi) is 6.10. The van der Waals surface area contributed by atoms with E-state index in [0.717, 1.165) is 37.3 Å². The first-order valence-corrected chi connectivity index (χ1v) is 10.1. The Bertz CT molecular complexity index is 1010. The van der Waals surface area contributed by atoms with Crippen molar-refractivity contribution in [3.05, 3.63) is 52.9 Å². The van der Waals surface area contributed by atoms with Crippen LogP contribution >= 0.6 is 11.6 Å². The van der Waals surface area contributed by atoms with E-state index in [2.05, 4.69) is 41.4 Å². The van der Waals surface area contributed by atoms with Gasteiger partial charge in [-0.15, -0.1) is 0 Å². The number of hydrogen-bond donors (Lipinski definition) is 5. The fraction of sp³-hybridized carbons (Fsp3) is 0.300. The number of aryl methyl sites for hydroxylation is 1. The second kappa shape index (κ2) is 9.10. The highest BCUT2D eigenvalue weighted by Gasteiger charge is 2.21. The number of anilines is 4. The molecule has 4 rings (SSSR count). The number of rotatable bonds is 6. The molecule has 5 N–H and O–H groups in total. The molecule has 0 spiro atoms. The molecule has 0 radical (unpaired) electrons. The van der Waals surface area contributed by atoms with Crippen molar-refractivity contribution in [1.82, 2.24) is 30.8 Å². The Morgan fingerprint density at radius 2 is 2.03 bits per heavy atom. The van der Waals surface area contributed by atoms with Gasteiger partial charge in [0.25, 0.3) is 5.91 Å². The highest BCUT2D eigenvalue weighted by Crippen LogP contribution is 2.22. The van der Waals surface area contributed by atoms with Crippen molar-refractivity contribution in [2.24, 2.45) is 0 Å². The lowest BCUT2D eigenvalue weighted by Gasteiger charge is -2.24. The van der Waals surface area contributed by atoms with E-state index in [4.69, 9.17) is 11.6 Å². The number of amides is 1. The van der Waals surface area contributed by atoms with Crippen molar-refractivity contribution in [2.45, 2.75) is 25.8 Å². The molecule has 1 atom stereocenters. The van der Waals surface area contributed by atoms with E-state index < -0.39 is 0 Å². The second-order valence-corrected chi connectivity index (χ2v) is 7.60. The van der Waals surface area contributed by atoms with Crippen LogP contribution in [0.3, 0.4) is 0 Å². The van der Waals surface area contributed by atoms with Gasteiger partial charge in [-0.25, -0.2) is 9.97 Å². The summed E-state index contributed by atoms with van der Waals surface area (Å²) < 4.78 is 0. The molecule has 1 aliphatic rings. The number of piperidine rings is 1. The monoisotopic (exact) mass is 426 g/mol. The van der Waals surface area contributed by atoms with Gasteiger partial charge in [0, 0.05) is 35.1 Å². The van der Waals surface area contributed by atoms with E-state index in [1.807, 2.05) is 25.1 Å². The zero-order valence-electron chi connectivity index (χ0n) is 16.5. The first kappa shape index (κ1) is 20.1. The van der Waals surface area contributed by atoms with E-state index in [1.165, 1.54) is 6.20 Å². The number of aromatic amines is 1. The highest BCUT2D eigenvalue weighted by molar-refractivity contribution is 6.30. The molecule has 0 bridgehead atoms. The zero-order chi connectivity index (χ0) is 20.9. The van der Waals surface area contributed by atoms with Crippen molar-refractivity contribution in [2.75, 3.05) is 23.7 Å². The lowest BCUT2D eigenvalue weighted by Crippen LogP contribution is -2.45. The first-order valence-electron chi connectivity index (χ1n) is 9.77. The molecular weight excluding hydrogens is 404 g/mol. The Morgan fingerprint density at radius 1 is 1.20 bits per heavy atom. The van der Waals surface area contributed by atoms with E-state index in [1.54, 1.807) is 12.1 Å². The number of carbonyl (C=O) groups is 1. The molecule has 9 nitrogen and oxygen atoms in total. The summed E-state index contributed by atoms with van der Waals surface area (Å²) in [6.07, 6.45) is 3.48.